The molecule has 2 rings (SSSR count). The summed E-state index contributed by atoms with van der Waals surface area (Å²) in [6, 6.07) is 6.25. The Morgan fingerprint density at radius 1 is 1.35 bits per heavy atom. The molecule has 108 valence electrons. The third kappa shape index (κ3) is 3.39. The molecule has 1 aliphatic rings. The van der Waals surface area contributed by atoms with E-state index in [1.165, 1.54) is 11.1 Å². The first-order valence-electron chi connectivity index (χ1n) is 6.97. The Balaban J connectivity index is 1.96. The monoisotopic (exact) mass is 274 g/mol. The van der Waals surface area contributed by atoms with Gasteiger partial charge in [-0.3, -0.25) is 0 Å². The summed E-state index contributed by atoms with van der Waals surface area (Å²) < 4.78 is 5.59. The van der Waals surface area contributed by atoms with Gasteiger partial charge in [-0.25, -0.2) is 4.79 Å². The molecule has 0 bridgehead atoms. The number of carbonyl (C=O) groups is 1. The maximum Gasteiger partial charge on any atom is 0.408 e. The maximum atomic E-state index is 11.8. The Bertz CT molecular complexity index is 519. The van der Waals surface area contributed by atoms with E-state index in [1.54, 1.807) is 6.08 Å². The minimum absolute atomic E-state index is 0.373. The van der Waals surface area contributed by atoms with Crippen molar-refractivity contribution >= 4 is 6.09 Å². The first-order valence-corrected chi connectivity index (χ1v) is 6.97. The average Bonchev–Trinajstić information content (AvgIpc) is 3.19. The van der Waals surface area contributed by atoms with Crippen LogP contribution in [0.25, 0.3) is 0 Å². The van der Waals surface area contributed by atoms with E-state index in [2.05, 4.69) is 37.4 Å². The van der Waals surface area contributed by atoms with Gasteiger partial charge < -0.3 is 15.8 Å². The van der Waals surface area contributed by atoms with E-state index < -0.39 is 5.60 Å². The molecule has 0 aliphatic heterocycles. The summed E-state index contributed by atoms with van der Waals surface area (Å²) in [4.78, 5) is 11.8. The fourth-order valence-electron chi connectivity index (χ4n) is 2.12. The quantitative estimate of drug-likeness (QED) is 0.811. The van der Waals surface area contributed by atoms with E-state index in [0.717, 1.165) is 18.4 Å². The minimum Gasteiger partial charge on any atom is -0.438 e. The van der Waals surface area contributed by atoms with E-state index in [4.69, 9.17) is 10.5 Å². The molecule has 20 heavy (non-hydrogen) atoms. The molecule has 0 saturated heterocycles. The molecule has 1 saturated carbocycles. The Morgan fingerprint density at radius 3 is 2.70 bits per heavy atom. The van der Waals surface area contributed by atoms with Crippen molar-refractivity contribution in [2.24, 2.45) is 5.73 Å². The van der Waals surface area contributed by atoms with Crippen molar-refractivity contribution in [2.45, 2.75) is 32.3 Å². The second-order valence-electron chi connectivity index (χ2n) is 5.27. The SMILES string of the molecule is Cc1ccc(C2(OC(=O)NC/C=C/CN)CC2)cc1C. The summed E-state index contributed by atoms with van der Waals surface area (Å²) in [6.07, 6.45) is 5.03. The fourth-order valence-corrected chi connectivity index (χ4v) is 2.12. The van der Waals surface area contributed by atoms with Gasteiger partial charge >= 0.3 is 6.09 Å². The van der Waals surface area contributed by atoms with Gasteiger partial charge in [-0.15, -0.1) is 0 Å². The third-order valence-electron chi connectivity index (χ3n) is 3.69. The summed E-state index contributed by atoms with van der Waals surface area (Å²) in [5.41, 5.74) is 8.48. The van der Waals surface area contributed by atoms with Crippen LogP contribution in [-0.4, -0.2) is 19.2 Å². The van der Waals surface area contributed by atoms with Crippen LogP contribution in [0.2, 0.25) is 0 Å². The van der Waals surface area contributed by atoms with Crippen molar-refractivity contribution in [3.63, 3.8) is 0 Å². The van der Waals surface area contributed by atoms with Crippen LogP contribution < -0.4 is 11.1 Å². The first kappa shape index (κ1) is 14.6. The normalized spacial score (nSPS) is 16.1. The lowest BCUT2D eigenvalue weighted by Crippen LogP contribution is -2.29. The van der Waals surface area contributed by atoms with Crippen molar-refractivity contribution < 1.29 is 9.53 Å². The van der Waals surface area contributed by atoms with E-state index in [-0.39, 0.29) is 6.09 Å². The number of aryl methyl sites for hydroxylation is 2. The predicted octanol–water partition coefficient (Wildman–Crippen LogP) is 2.53. The minimum atomic E-state index is -0.417. The predicted molar refractivity (Wildman–Crippen MR) is 79.5 cm³/mol. The Morgan fingerprint density at radius 2 is 2.10 bits per heavy atom. The lowest BCUT2D eigenvalue weighted by Gasteiger charge is -2.18. The highest BCUT2D eigenvalue weighted by Gasteiger charge is 2.48. The van der Waals surface area contributed by atoms with Gasteiger partial charge in [0.15, 0.2) is 0 Å². The summed E-state index contributed by atoms with van der Waals surface area (Å²) in [5.74, 6) is 0. The number of rotatable bonds is 5. The van der Waals surface area contributed by atoms with Gasteiger partial charge in [-0.1, -0.05) is 30.4 Å². The molecule has 0 aromatic heterocycles. The molecule has 1 amide bonds. The zero-order chi connectivity index (χ0) is 14.6. The molecule has 1 aliphatic carbocycles. The molecule has 4 nitrogen and oxygen atoms in total. The van der Waals surface area contributed by atoms with Crippen LogP contribution in [0.1, 0.15) is 29.5 Å². The van der Waals surface area contributed by atoms with Crippen molar-refractivity contribution in [2.75, 3.05) is 13.1 Å². The molecule has 0 radical (unpaired) electrons. The number of ether oxygens (including phenoxy) is 1. The fraction of sp³-hybridized carbons (Fsp3) is 0.438. The Hall–Kier alpha value is -1.81. The topological polar surface area (TPSA) is 64.3 Å². The lowest BCUT2D eigenvalue weighted by atomic mass is 10.0. The summed E-state index contributed by atoms with van der Waals surface area (Å²) in [6.45, 7) is 5.07. The highest BCUT2D eigenvalue weighted by Crippen LogP contribution is 2.49. The van der Waals surface area contributed by atoms with Crippen molar-refractivity contribution in [3.8, 4) is 0 Å². The molecule has 1 aromatic rings. The molecule has 1 aromatic carbocycles. The van der Waals surface area contributed by atoms with Gasteiger partial charge in [0.25, 0.3) is 0 Å². The van der Waals surface area contributed by atoms with Crippen LogP contribution in [0.5, 0.6) is 0 Å². The molecule has 4 heteroatoms. The van der Waals surface area contributed by atoms with Gasteiger partial charge in [-0.05, 0) is 43.4 Å². The average molecular weight is 274 g/mol. The van der Waals surface area contributed by atoms with Gasteiger partial charge in [0, 0.05) is 13.1 Å². The highest BCUT2D eigenvalue weighted by molar-refractivity contribution is 5.68. The number of benzene rings is 1. The molecule has 0 spiro atoms. The Labute approximate surface area is 120 Å². The molecule has 0 heterocycles. The number of nitrogens with one attached hydrogen (secondary N) is 1. The van der Waals surface area contributed by atoms with E-state index in [0.29, 0.717) is 13.1 Å². The maximum absolute atomic E-state index is 11.8. The number of hydrogen-bond donors (Lipinski definition) is 2. The van der Waals surface area contributed by atoms with Crippen LogP contribution in [0.4, 0.5) is 4.79 Å². The van der Waals surface area contributed by atoms with Gasteiger partial charge in [0.1, 0.15) is 5.60 Å². The summed E-state index contributed by atoms with van der Waals surface area (Å²) in [7, 11) is 0. The van der Waals surface area contributed by atoms with Crippen LogP contribution in [0.3, 0.4) is 0 Å². The zero-order valence-corrected chi connectivity index (χ0v) is 12.1. The summed E-state index contributed by atoms with van der Waals surface area (Å²) in [5, 5.41) is 2.71. The smallest absolute Gasteiger partial charge is 0.408 e. The van der Waals surface area contributed by atoms with E-state index in [9.17, 15) is 4.79 Å². The van der Waals surface area contributed by atoms with Crippen molar-refractivity contribution in [1.82, 2.24) is 5.32 Å². The Kier molecular flexibility index (Phi) is 4.45. The molecule has 0 unspecified atom stereocenters. The second-order valence-corrected chi connectivity index (χ2v) is 5.27. The van der Waals surface area contributed by atoms with E-state index >= 15 is 0 Å². The molecule has 3 N–H and O–H groups in total. The van der Waals surface area contributed by atoms with Crippen LogP contribution in [-0.2, 0) is 10.3 Å². The second kappa shape index (κ2) is 6.09. The summed E-state index contributed by atoms with van der Waals surface area (Å²) >= 11 is 0. The number of hydrogen-bond acceptors (Lipinski definition) is 3. The molecule has 1 fully saturated rings. The first-order chi connectivity index (χ1) is 9.57. The van der Waals surface area contributed by atoms with Crippen LogP contribution >= 0.6 is 0 Å². The highest BCUT2D eigenvalue weighted by atomic mass is 16.6. The van der Waals surface area contributed by atoms with Gasteiger partial charge in [0.2, 0.25) is 0 Å². The van der Waals surface area contributed by atoms with Crippen LogP contribution in [0.15, 0.2) is 30.4 Å². The van der Waals surface area contributed by atoms with Gasteiger partial charge in [0.05, 0.1) is 0 Å². The third-order valence-corrected chi connectivity index (χ3v) is 3.69. The molecular weight excluding hydrogens is 252 g/mol. The van der Waals surface area contributed by atoms with E-state index in [1.807, 2.05) is 6.08 Å². The largest absolute Gasteiger partial charge is 0.438 e. The molecule has 0 atom stereocenters. The number of carbonyl (C=O) groups excluding carboxylic acids is 1. The number of nitrogens with two attached hydrogens (primary N) is 1. The zero-order valence-electron chi connectivity index (χ0n) is 12.1. The van der Waals surface area contributed by atoms with Crippen molar-refractivity contribution in [1.29, 1.82) is 0 Å². The lowest BCUT2D eigenvalue weighted by molar-refractivity contribution is 0.0822. The van der Waals surface area contributed by atoms with Gasteiger partial charge in [-0.2, -0.15) is 0 Å². The van der Waals surface area contributed by atoms with Crippen LogP contribution in [0, 0.1) is 13.8 Å². The number of amides is 1. The van der Waals surface area contributed by atoms with Crippen molar-refractivity contribution in [3.05, 3.63) is 47.0 Å². The number of alkyl carbamates (subject to hydrolysis) is 1. The standard InChI is InChI=1S/C16H22N2O2/c1-12-5-6-14(11-13(12)2)16(7-8-16)20-15(19)18-10-4-3-9-17/h3-6,11H,7-10,17H2,1-2H3,(H,18,19)/b4-3+. The molecular formula is C16H22N2O2.